The molecule has 0 aromatic carbocycles. The molecule has 0 aliphatic carbocycles. The summed E-state index contributed by atoms with van der Waals surface area (Å²) in [6, 6.07) is 0.583. The standard InChI is InChI=1S/C17H30N4O4/c22-16(15(17(23)24)25-14-3-7-19-8-4-14)21-11-9-20(10-12-21)13-1-5-18-6-2-13/h13-15,18-19H,1-12H2,(H,23,24). The fourth-order valence-electron chi connectivity index (χ4n) is 3.99. The summed E-state index contributed by atoms with van der Waals surface area (Å²) in [7, 11) is 0. The molecule has 3 aliphatic heterocycles. The molecular weight excluding hydrogens is 324 g/mol. The number of ether oxygens (including phenoxy) is 1. The topological polar surface area (TPSA) is 94.1 Å². The predicted octanol–water partition coefficient (Wildman–Crippen LogP) is -0.896. The molecule has 8 nitrogen and oxygen atoms in total. The molecule has 1 atom stereocenters. The summed E-state index contributed by atoms with van der Waals surface area (Å²) >= 11 is 0. The minimum Gasteiger partial charge on any atom is -0.479 e. The fraction of sp³-hybridized carbons (Fsp3) is 0.882. The van der Waals surface area contributed by atoms with Crippen LogP contribution in [0.1, 0.15) is 25.7 Å². The number of carboxylic acids is 1. The number of hydrogen-bond donors (Lipinski definition) is 3. The Morgan fingerprint density at radius 2 is 1.48 bits per heavy atom. The van der Waals surface area contributed by atoms with Crippen LogP contribution in [0.5, 0.6) is 0 Å². The van der Waals surface area contributed by atoms with Crippen molar-refractivity contribution in [2.24, 2.45) is 0 Å². The van der Waals surface area contributed by atoms with Crippen molar-refractivity contribution in [3.8, 4) is 0 Å². The van der Waals surface area contributed by atoms with Crippen LogP contribution in [0.15, 0.2) is 0 Å². The van der Waals surface area contributed by atoms with Crippen LogP contribution >= 0.6 is 0 Å². The summed E-state index contributed by atoms with van der Waals surface area (Å²) in [6.07, 6.45) is 2.27. The van der Waals surface area contributed by atoms with Gasteiger partial charge in [0.15, 0.2) is 0 Å². The summed E-state index contributed by atoms with van der Waals surface area (Å²) in [6.45, 7) is 6.51. The molecule has 142 valence electrons. The Morgan fingerprint density at radius 1 is 0.920 bits per heavy atom. The van der Waals surface area contributed by atoms with E-state index in [-0.39, 0.29) is 6.10 Å². The van der Waals surface area contributed by atoms with Crippen LogP contribution in [0, 0.1) is 0 Å². The lowest BCUT2D eigenvalue weighted by Gasteiger charge is -2.41. The molecule has 0 aromatic rings. The average molecular weight is 354 g/mol. The van der Waals surface area contributed by atoms with E-state index in [1.54, 1.807) is 4.90 Å². The van der Waals surface area contributed by atoms with Gasteiger partial charge in [0.2, 0.25) is 6.10 Å². The zero-order chi connectivity index (χ0) is 17.6. The molecular formula is C17H30N4O4. The highest BCUT2D eigenvalue weighted by molar-refractivity contribution is 6.00. The second kappa shape index (κ2) is 8.93. The van der Waals surface area contributed by atoms with E-state index in [1.165, 1.54) is 0 Å². The Morgan fingerprint density at radius 3 is 2.04 bits per heavy atom. The second-order valence-electron chi connectivity index (χ2n) is 7.15. The van der Waals surface area contributed by atoms with Crippen LogP contribution in [0.4, 0.5) is 0 Å². The van der Waals surface area contributed by atoms with Crippen LogP contribution in [-0.4, -0.2) is 97.4 Å². The van der Waals surface area contributed by atoms with Gasteiger partial charge in [-0.05, 0) is 51.9 Å². The molecule has 1 unspecified atom stereocenters. The smallest absolute Gasteiger partial charge is 0.342 e. The molecule has 0 radical (unpaired) electrons. The van der Waals surface area contributed by atoms with Crippen molar-refractivity contribution in [2.45, 2.75) is 43.9 Å². The van der Waals surface area contributed by atoms with Gasteiger partial charge in [0.05, 0.1) is 6.10 Å². The van der Waals surface area contributed by atoms with Gasteiger partial charge in [0, 0.05) is 32.2 Å². The number of hydrogen-bond acceptors (Lipinski definition) is 6. The van der Waals surface area contributed by atoms with Crippen LogP contribution in [0.3, 0.4) is 0 Å². The molecule has 3 rings (SSSR count). The van der Waals surface area contributed by atoms with Crippen LogP contribution in [0.2, 0.25) is 0 Å². The SMILES string of the molecule is O=C(O)C(OC1CCNCC1)C(=O)N1CCN(C2CCNCC2)CC1. The first-order chi connectivity index (χ1) is 12.1. The molecule has 3 heterocycles. The van der Waals surface area contributed by atoms with E-state index in [2.05, 4.69) is 15.5 Å². The normalized spacial score (nSPS) is 25.7. The Labute approximate surface area is 148 Å². The number of piperidine rings is 2. The van der Waals surface area contributed by atoms with Gasteiger partial charge in [-0.25, -0.2) is 4.79 Å². The number of carbonyl (C=O) groups is 2. The molecule has 1 amide bonds. The second-order valence-corrected chi connectivity index (χ2v) is 7.15. The molecule has 0 bridgehead atoms. The minimum absolute atomic E-state index is 0.151. The number of rotatable bonds is 5. The van der Waals surface area contributed by atoms with E-state index in [4.69, 9.17) is 4.74 Å². The van der Waals surface area contributed by atoms with E-state index in [0.29, 0.717) is 19.1 Å². The summed E-state index contributed by atoms with van der Waals surface area (Å²) in [4.78, 5) is 28.3. The van der Waals surface area contributed by atoms with Gasteiger partial charge in [0.25, 0.3) is 5.91 Å². The lowest BCUT2D eigenvalue weighted by atomic mass is 10.0. The number of piperazine rings is 1. The van der Waals surface area contributed by atoms with Gasteiger partial charge in [-0.2, -0.15) is 0 Å². The van der Waals surface area contributed by atoms with Gasteiger partial charge in [-0.15, -0.1) is 0 Å². The predicted molar refractivity (Wildman–Crippen MR) is 92.4 cm³/mol. The Bertz CT molecular complexity index is 456. The van der Waals surface area contributed by atoms with Gasteiger partial charge in [0.1, 0.15) is 0 Å². The third-order valence-corrected chi connectivity index (χ3v) is 5.51. The molecule has 0 spiro atoms. The molecule has 3 N–H and O–H groups in total. The van der Waals surface area contributed by atoms with Crippen LogP contribution in [0.25, 0.3) is 0 Å². The van der Waals surface area contributed by atoms with Gasteiger partial charge in [-0.1, -0.05) is 0 Å². The molecule has 3 fully saturated rings. The lowest BCUT2D eigenvalue weighted by molar-refractivity contribution is -0.168. The maximum absolute atomic E-state index is 12.7. The first-order valence-corrected chi connectivity index (χ1v) is 9.47. The highest BCUT2D eigenvalue weighted by Gasteiger charge is 2.36. The Kier molecular flexibility index (Phi) is 6.63. The summed E-state index contributed by atoms with van der Waals surface area (Å²) in [5.74, 6) is -1.57. The van der Waals surface area contributed by atoms with E-state index < -0.39 is 18.0 Å². The fourth-order valence-corrected chi connectivity index (χ4v) is 3.99. The number of nitrogens with one attached hydrogen (secondary N) is 2. The van der Waals surface area contributed by atoms with E-state index in [9.17, 15) is 14.7 Å². The van der Waals surface area contributed by atoms with Gasteiger partial charge >= 0.3 is 5.97 Å². The van der Waals surface area contributed by atoms with Gasteiger partial charge < -0.3 is 25.4 Å². The molecule has 0 saturated carbocycles. The van der Waals surface area contributed by atoms with E-state index >= 15 is 0 Å². The molecule has 8 heteroatoms. The maximum Gasteiger partial charge on any atom is 0.342 e. The maximum atomic E-state index is 12.7. The summed E-state index contributed by atoms with van der Waals surface area (Å²) in [5.41, 5.74) is 0. The first kappa shape index (κ1) is 18.6. The number of nitrogens with zero attached hydrogens (tertiary/aromatic N) is 2. The molecule has 3 aliphatic rings. The number of carbonyl (C=O) groups excluding carboxylic acids is 1. The highest BCUT2D eigenvalue weighted by atomic mass is 16.5. The van der Waals surface area contributed by atoms with Crippen molar-refractivity contribution in [1.82, 2.24) is 20.4 Å². The van der Waals surface area contributed by atoms with E-state index in [0.717, 1.165) is 65.0 Å². The average Bonchev–Trinajstić information content (AvgIpc) is 2.67. The van der Waals surface area contributed by atoms with Crippen molar-refractivity contribution in [3.05, 3.63) is 0 Å². The van der Waals surface area contributed by atoms with Crippen molar-refractivity contribution >= 4 is 11.9 Å². The third kappa shape index (κ3) is 4.91. The number of aliphatic carboxylic acids is 1. The van der Waals surface area contributed by atoms with Crippen molar-refractivity contribution in [1.29, 1.82) is 0 Å². The Hall–Kier alpha value is -1.22. The van der Waals surface area contributed by atoms with E-state index in [1.807, 2.05) is 0 Å². The van der Waals surface area contributed by atoms with Crippen molar-refractivity contribution in [2.75, 3.05) is 52.4 Å². The lowest BCUT2D eigenvalue weighted by Crippen LogP contribution is -2.57. The minimum atomic E-state index is -1.37. The zero-order valence-corrected chi connectivity index (χ0v) is 14.8. The summed E-state index contributed by atoms with van der Waals surface area (Å²) < 4.78 is 5.66. The zero-order valence-electron chi connectivity index (χ0n) is 14.8. The largest absolute Gasteiger partial charge is 0.479 e. The first-order valence-electron chi connectivity index (χ1n) is 9.47. The third-order valence-electron chi connectivity index (χ3n) is 5.51. The van der Waals surface area contributed by atoms with Gasteiger partial charge in [-0.3, -0.25) is 9.69 Å². The van der Waals surface area contributed by atoms with Crippen LogP contribution in [-0.2, 0) is 14.3 Å². The van der Waals surface area contributed by atoms with Crippen LogP contribution < -0.4 is 10.6 Å². The molecule has 25 heavy (non-hydrogen) atoms. The van der Waals surface area contributed by atoms with Crippen molar-refractivity contribution < 1.29 is 19.4 Å². The highest BCUT2D eigenvalue weighted by Crippen LogP contribution is 2.17. The molecule has 0 aromatic heterocycles. The number of amides is 1. The Balaban J connectivity index is 1.51. The molecule has 3 saturated heterocycles. The number of carboxylic acid groups (broad SMARTS) is 1. The van der Waals surface area contributed by atoms with Crippen molar-refractivity contribution in [3.63, 3.8) is 0 Å². The monoisotopic (exact) mass is 354 g/mol. The quantitative estimate of drug-likeness (QED) is 0.551. The summed E-state index contributed by atoms with van der Waals surface area (Å²) in [5, 5.41) is 16.0.